The molecule has 0 fully saturated rings. The van der Waals surface area contributed by atoms with Crippen molar-refractivity contribution < 1.29 is 0 Å². The van der Waals surface area contributed by atoms with Crippen LogP contribution in [0.5, 0.6) is 0 Å². The number of benzene rings is 1. The third-order valence-corrected chi connectivity index (χ3v) is 1.90. The average Bonchev–Trinajstić information content (AvgIpc) is 2.08. The van der Waals surface area contributed by atoms with Crippen LogP contribution in [-0.4, -0.2) is 6.21 Å². The third kappa shape index (κ3) is 1.92. The Balaban J connectivity index is 3.01. The average molecular weight is 162 g/mol. The number of nitrogens with two attached hydrogens (primary N) is 1. The van der Waals surface area contributed by atoms with Gasteiger partial charge in [-0.05, 0) is 24.3 Å². The highest BCUT2D eigenvalue weighted by atomic mass is 14.5. The van der Waals surface area contributed by atoms with Gasteiger partial charge in [-0.2, -0.15) is 0 Å². The van der Waals surface area contributed by atoms with Gasteiger partial charge in [0.15, 0.2) is 0 Å². The molecule has 0 unspecified atom stereocenters. The second-order valence-corrected chi connectivity index (χ2v) is 2.88. The standard InChI is InChI=1S/C10H14N2/c1-8-2-3-9(4-5-11)10(6-8)7-12/h2-3,5-6,11H,4,7,12H2,1H3. The Bertz CT molecular complexity index is 279. The maximum absolute atomic E-state index is 7.00. The summed E-state index contributed by atoms with van der Waals surface area (Å²) in [5.41, 5.74) is 9.12. The zero-order valence-corrected chi connectivity index (χ0v) is 7.30. The molecule has 0 heterocycles. The van der Waals surface area contributed by atoms with E-state index in [4.69, 9.17) is 11.1 Å². The molecule has 3 N–H and O–H groups in total. The smallest absolute Gasteiger partial charge is 0.0181 e. The van der Waals surface area contributed by atoms with Gasteiger partial charge in [-0.25, -0.2) is 0 Å². The first-order valence-electron chi connectivity index (χ1n) is 4.05. The predicted octanol–water partition coefficient (Wildman–Crippen LogP) is 1.65. The molecule has 0 saturated heterocycles. The summed E-state index contributed by atoms with van der Waals surface area (Å²) in [6, 6.07) is 6.18. The van der Waals surface area contributed by atoms with Gasteiger partial charge in [-0.1, -0.05) is 23.8 Å². The van der Waals surface area contributed by atoms with Gasteiger partial charge in [-0.15, -0.1) is 0 Å². The zero-order chi connectivity index (χ0) is 8.97. The van der Waals surface area contributed by atoms with Crippen LogP contribution in [0.25, 0.3) is 0 Å². The molecule has 2 heteroatoms. The van der Waals surface area contributed by atoms with Crippen LogP contribution in [0.4, 0.5) is 0 Å². The van der Waals surface area contributed by atoms with Gasteiger partial charge in [0.2, 0.25) is 0 Å². The summed E-state index contributed by atoms with van der Waals surface area (Å²) in [4.78, 5) is 0. The maximum atomic E-state index is 7.00. The molecule has 1 rings (SSSR count). The van der Waals surface area contributed by atoms with Gasteiger partial charge in [-0.3, -0.25) is 0 Å². The van der Waals surface area contributed by atoms with Crippen molar-refractivity contribution in [1.82, 2.24) is 0 Å². The Labute approximate surface area is 72.9 Å². The predicted molar refractivity (Wildman–Crippen MR) is 51.6 cm³/mol. The van der Waals surface area contributed by atoms with Crippen LogP contribution in [-0.2, 0) is 13.0 Å². The number of aryl methyl sites for hydroxylation is 1. The Morgan fingerprint density at radius 3 is 2.75 bits per heavy atom. The summed E-state index contributed by atoms with van der Waals surface area (Å²) >= 11 is 0. The molecule has 0 spiro atoms. The van der Waals surface area contributed by atoms with E-state index in [9.17, 15) is 0 Å². The summed E-state index contributed by atoms with van der Waals surface area (Å²) < 4.78 is 0. The van der Waals surface area contributed by atoms with E-state index >= 15 is 0 Å². The molecule has 0 aliphatic heterocycles. The summed E-state index contributed by atoms with van der Waals surface area (Å²) in [5.74, 6) is 0. The summed E-state index contributed by atoms with van der Waals surface area (Å²) in [5, 5.41) is 7.00. The van der Waals surface area contributed by atoms with Crippen LogP contribution < -0.4 is 5.73 Å². The largest absolute Gasteiger partial charge is 0.326 e. The van der Waals surface area contributed by atoms with E-state index in [0.29, 0.717) is 13.0 Å². The van der Waals surface area contributed by atoms with E-state index in [2.05, 4.69) is 12.1 Å². The molecule has 0 aliphatic rings. The lowest BCUT2D eigenvalue weighted by Crippen LogP contribution is -2.02. The minimum atomic E-state index is 0.560. The lowest BCUT2D eigenvalue weighted by Gasteiger charge is -2.05. The van der Waals surface area contributed by atoms with Crippen molar-refractivity contribution in [3.63, 3.8) is 0 Å². The molecular weight excluding hydrogens is 148 g/mol. The summed E-state index contributed by atoms with van der Waals surface area (Å²) in [7, 11) is 0. The number of hydrogen-bond donors (Lipinski definition) is 2. The summed E-state index contributed by atoms with van der Waals surface area (Å²) in [6.45, 7) is 2.61. The van der Waals surface area contributed by atoms with Crippen LogP contribution in [0.2, 0.25) is 0 Å². The molecule has 0 radical (unpaired) electrons. The van der Waals surface area contributed by atoms with Gasteiger partial charge < -0.3 is 11.1 Å². The van der Waals surface area contributed by atoms with Crippen molar-refractivity contribution in [2.24, 2.45) is 5.73 Å². The molecular formula is C10H14N2. The fourth-order valence-electron chi connectivity index (χ4n) is 1.25. The van der Waals surface area contributed by atoms with Gasteiger partial charge in [0, 0.05) is 13.0 Å². The van der Waals surface area contributed by atoms with Crippen LogP contribution in [0, 0.1) is 12.3 Å². The summed E-state index contributed by atoms with van der Waals surface area (Å²) in [6.07, 6.45) is 2.09. The van der Waals surface area contributed by atoms with E-state index in [1.54, 1.807) is 0 Å². The molecule has 0 atom stereocenters. The second-order valence-electron chi connectivity index (χ2n) is 2.88. The van der Waals surface area contributed by atoms with Crippen LogP contribution >= 0.6 is 0 Å². The zero-order valence-electron chi connectivity index (χ0n) is 7.30. The first kappa shape index (κ1) is 8.94. The lowest BCUT2D eigenvalue weighted by atomic mass is 10.0. The molecule has 0 amide bonds. The SMILES string of the molecule is Cc1ccc(CC=N)c(CN)c1. The Morgan fingerprint density at radius 1 is 1.42 bits per heavy atom. The normalized spacial score (nSPS) is 9.83. The topological polar surface area (TPSA) is 49.9 Å². The van der Waals surface area contributed by atoms with Crippen LogP contribution in [0.3, 0.4) is 0 Å². The monoisotopic (exact) mass is 162 g/mol. The van der Waals surface area contributed by atoms with Crippen molar-refractivity contribution in [2.45, 2.75) is 19.9 Å². The molecule has 0 saturated carbocycles. The van der Waals surface area contributed by atoms with Crippen molar-refractivity contribution in [1.29, 1.82) is 5.41 Å². The molecule has 0 aromatic heterocycles. The number of hydrogen-bond acceptors (Lipinski definition) is 2. The first-order chi connectivity index (χ1) is 5.77. The molecule has 64 valence electrons. The Hall–Kier alpha value is -1.15. The Morgan fingerprint density at radius 2 is 2.17 bits per heavy atom. The van der Waals surface area contributed by atoms with E-state index in [0.717, 1.165) is 11.1 Å². The molecule has 0 aliphatic carbocycles. The van der Waals surface area contributed by atoms with Crippen molar-refractivity contribution in [2.75, 3.05) is 0 Å². The van der Waals surface area contributed by atoms with Gasteiger partial charge in [0.25, 0.3) is 0 Å². The van der Waals surface area contributed by atoms with Gasteiger partial charge in [0.1, 0.15) is 0 Å². The van der Waals surface area contributed by atoms with Crippen molar-refractivity contribution >= 4 is 6.21 Å². The minimum absolute atomic E-state index is 0.560. The highest BCUT2D eigenvalue weighted by Crippen LogP contribution is 2.10. The second kappa shape index (κ2) is 4.02. The number of nitrogens with one attached hydrogen (secondary N) is 1. The lowest BCUT2D eigenvalue weighted by molar-refractivity contribution is 1.03. The fourth-order valence-corrected chi connectivity index (χ4v) is 1.25. The highest BCUT2D eigenvalue weighted by molar-refractivity contribution is 5.59. The van der Waals surface area contributed by atoms with Crippen LogP contribution in [0.15, 0.2) is 18.2 Å². The number of rotatable bonds is 3. The molecule has 1 aromatic carbocycles. The highest BCUT2D eigenvalue weighted by Gasteiger charge is 1.98. The van der Waals surface area contributed by atoms with E-state index in [1.807, 2.05) is 13.0 Å². The quantitative estimate of drug-likeness (QED) is 0.652. The molecule has 1 aromatic rings. The van der Waals surface area contributed by atoms with Gasteiger partial charge in [0.05, 0.1) is 0 Å². The molecule has 12 heavy (non-hydrogen) atoms. The molecule has 2 nitrogen and oxygen atoms in total. The van der Waals surface area contributed by atoms with E-state index in [1.165, 1.54) is 11.8 Å². The van der Waals surface area contributed by atoms with Crippen LogP contribution in [0.1, 0.15) is 16.7 Å². The fraction of sp³-hybridized carbons (Fsp3) is 0.300. The van der Waals surface area contributed by atoms with E-state index < -0.39 is 0 Å². The van der Waals surface area contributed by atoms with E-state index in [-0.39, 0.29) is 0 Å². The van der Waals surface area contributed by atoms with Crippen molar-refractivity contribution in [3.05, 3.63) is 34.9 Å². The Kier molecular flexibility index (Phi) is 3.00. The first-order valence-corrected chi connectivity index (χ1v) is 4.05. The molecule has 0 bridgehead atoms. The minimum Gasteiger partial charge on any atom is -0.326 e. The maximum Gasteiger partial charge on any atom is 0.0181 e. The van der Waals surface area contributed by atoms with Crippen molar-refractivity contribution in [3.8, 4) is 0 Å². The van der Waals surface area contributed by atoms with Gasteiger partial charge >= 0.3 is 0 Å². The third-order valence-electron chi connectivity index (χ3n) is 1.90.